The molecule has 0 bridgehead atoms. The van der Waals surface area contributed by atoms with Crippen LogP contribution in [0, 0.1) is 11.8 Å². The summed E-state index contributed by atoms with van der Waals surface area (Å²) in [4.78, 5) is 23.2. The lowest BCUT2D eigenvalue weighted by atomic mass is 9.73. The molecule has 2 unspecified atom stereocenters. The third-order valence-corrected chi connectivity index (χ3v) is 3.89. The second kappa shape index (κ2) is 6.55. The Kier molecular flexibility index (Phi) is 4.75. The van der Waals surface area contributed by atoms with Crippen LogP contribution in [0.4, 0.5) is 5.69 Å². The first kappa shape index (κ1) is 15.9. The highest BCUT2D eigenvalue weighted by Crippen LogP contribution is 2.43. The number of hydrogen-bond acceptors (Lipinski definition) is 5. The minimum absolute atomic E-state index is 0.329. The van der Waals surface area contributed by atoms with E-state index in [2.05, 4.69) is 5.32 Å². The van der Waals surface area contributed by atoms with Gasteiger partial charge >= 0.3 is 5.97 Å². The molecule has 2 atom stereocenters. The fourth-order valence-electron chi connectivity index (χ4n) is 2.53. The molecule has 22 heavy (non-hydrogen) atoms. The summed E-state index contributed by atoms with van der Waals surface area (Å²) in [6.45, 7) is 0. The number of carboxylic acids is 1. The molecule has 0 heterocycles. The van der Waals surface area contributed by atoms with Gasteiger partial charge in [-0.25, -0.2) is 0 Å². The average molecular weight is 309 g/mol. The Bertz CT molecular complexity index is 586. The van der Waals surface area contributed by atoms with Crippen molar-refractivity contribution in [3.63, 3.8) is 0 Å². The topological polar surface area (TPSA) is 94.1 Å². The van der Waals surface area contributed by atoms with Gasteiger partial charge in [0.15, 0.2) is 11.5 Å². The van der Waals surface area contributed by atoms with Gasteiger partial charge in [0, 0.05) is 0 Å². The standard InChI is InChI=1S/C15H19NO6/c1-20-11-7-6-10(12(21-2)13(11)22-3)16-14(17)8-4-5-9(8)15(18)19/h6-9H,4-5H2,1-3H3,(H,16,17)(H,18,19). The van der Waals surface area contributed by atoms with E-state index in [0.29, 0.717) is 35.8 Å². The molecule has 1 aromatic carbocycles. The highest BCUT2D eigenvalue weighted by molar-refractivity contribution is 5.97. The molecule has 0 aliphatic heterocycles. The Morgan fingerprint density at radius 1 is 1.05 bits per heavy atom. The predicted molar refractivity (Wildman–Crippen MR) is 78.6 cm³/mol. The Hall–Kier alpha value is -2.44. The van der Waals surface area contributed by atoms with E-state index in [1.807, 2.05) is 0 Å². The zero-order valence-corrected chi connectivity index (χ0v) is 12.7. The minimum Gasteiger partial charge on any atom is -0.493 e. The van der Waals surface area contributed by atoms with Crippen LogP contribution >= 0.6 is 0 Å². The van der Waals surface area contributed by atoms with E-state index < -0.39 is 17.8 Å². The molecule has 2 rings (SSSR count). The third kappa shape index (κ3) is 2.79. The molecule has 1 aromatic rings. The largest absolute Gasteiger partial charge is 0.493 e. The molecule has 0 aromatic heterocycles. The van der Waals surface area contributed by atoms with Crippen LogP contribution in [-0.2, 0) is 9.59 Å². The lowest BCUT2D eigenvalue weighted by Crippen LogP contribution is -2.41. The van der Waals surface area contributed by atoms with Crippen LogP contribution in [0.25, 0.3) is 0 Å². The predicted octanol–water partition coefficient (Wildman–Crippen LogP) is 1.76. The Morgan fingerprint density at radius 3 is 2.14 bits per heavy atom. The summed E-state index contributed by atoms with van der Waals surface area (Å²) in [5, 5.41) is 11.7. The molecular formula is C15H19NO6. The van der Waals surface area contributed by atoms with Crippen molar-refractivity contribution >= 4 is 17.6 Å². The number of carbonyl (C=O) groups is 2. The van der Waals surface area contributed by atoms with Crippen molar-refractivity contribution in [1.82, 2.24) is 0 Å². The van der Waals surface area contributed by atoms with Gasteiger partial charge in [-0.2, -0.15) is 0 Å². The first-order valence-electron chi connectivity index (χ1n) is 6.86. The second-order valence-electron chi connectivity index (χ2n) is 5.00. The summed E-state index contributed by atoms with van der Waals surface area (Å²) in [6.07, 6.45) is 1.09. The zero-order chi connectivity index (χ0) is 16.3. The van der Waals surface area contributed by atoms with Crippen LogP contribution in [0.15, 0.2) is 12.1 Å². The quantitative estimate of drug-likeness (QED) is 0.831. The molecule has 0 radical (unpaired) electrons. The number of benzene rings is 1. The van der Waals surface area contributed by atoms with E-state index in [1.165, 1.54) is 21.3 Å². The Labute approximate surface area is 128 Å². The van der Waals surface area contributed by atoms with Crippen molar-refractivity contribution in [2.45, 2.75) is 12.8 Å². The van der Waals surface area contributed by atoms with Gasteiger partial charge < -0.3 is 24.6 Å². The van der Waals surface area contributed by atoms with Gasteiger partial charge in [0.05, 0.1) is 38.9 Å². The average Bonchev–Trinajstić information content (AvgIpc) is 2.44. The van der Waals surface area contributed by atoms with Crippen molar-refractivity contribution in [2.75, 3.05) is 26.6 Å². The zero-order valence-electron chi connectivity index (χ0n) is 12.7. The monoisotopic (exact) mass is 309 g/mol. The first-order chi connectivity index (χ1) is 10.5. The number of carboxylic acid groups (broad SMARTS) is 1. The highest BCUT2D eigenvalue weighted by atomic mass is 16.5. The molecule has 1 amide bonds. The molecule has 0 spiro atoms. The van der Waals surface area contributed by atoms with Crippen LogP contribution in [0.2, 0.25) is 0 Å². The summed E-state index contributed by atoms with van der Waals surface area (Å²) in [7, 11) is 4.43. The van der Waals surface area contributed by atoms with E-state index in [4.69, 9.17) is 19.3 Å². The lowest BCUT2D eigenvalue weighted by Gasteiger charge is -2.32. The van der Waals surface area contributed by atoms with E-state index in [9.17, 15) is 9.59 Å². The van der Waals surface area contributed by atoms with E-state index in [-0.39, 0.29) is 5.91 Å². The number of amides is 1. The summed E-state index contributed by atoms with van der Waals surface area (Å²) in [5.41, 5.74) is 0.418. The van der Waals surface area contributed by atoms with Crippen molar-refractivity contribution in [2.24, 2.45) is 11.8 Å². The number of hydrogen-bond donors (Lipinski definition) is 2. The molecular weight excluding hydrogens is 290 g/mol. The number of aliphatic carboxylic acids is 1. The smallest absolute Gasteiger partial charge is 0.307 e. The van der Waals surface area contributed by atoms with E-state index in [0.717, 1.165) is 0 Å². The van der Waals surface area contributed by atoms with Gasteiger partial charge in [-0.3, -0.25) is 9.59 Å². The SMILES string of the molecule is COc1ccc(NC(=O)C2CCC2C(=O)O)c(OC)c1OC. The van der Waals surface area contributed by atoms with Gasteiger partial charge in [0.25, 0.3) is 0 Å². The van der Waals surface area contributed by atoms with Gasteiger partial charge in [0.1, 0.15) is 0 Å². The molecule has 120 valence electrons. The van der Waals surface area contributed by atoms with Crippen molar-refractivity contribution < 1.29 is 28.9 Å². The summed E-state index contributed by atoms with van der Waals surface area (Å²) in [5.74, 6) is -1.23. The highest BCUT2D eigenvalue weighted by Gasteiger charge is 2.41. The number of rotatable bonds is 6. The third-order valence-electron chi connectivity index (χ3n) is 3.89. The van der Waals surface area contributed by atoms with Crippen LogP contribution in [0.1, 0.15) is 12.8 Å². The summed E-state index contributed by atoms with van der Waals surface area (Å²) in [6, 6.07) is 3.28. The van der Waals surface area contributed by atoms with Crippen LogP contribution in [0.3, 0.4) is 0 Å². The number of anilines is 1. The van der Waals surface area contributed by atoms with Crippen LogP contribution in [-0.4, -0.2) is 38.3 Å². The number of methoxy groups -OCH3 is 3. The van der Waals surface area contributed by atoms with Gasteiger partial charge in [-0.1, -0.05) is 0 Å². The number of nitrogens with one attached hydrogen (secondary N) is 1. The minimum atomic E-state index is -0.939. The fraction of sp³-hybridized carbons (Fsp3) is 0.467. The lowest BCUT2D eigenvalue weighted by molar-refractivity contribution is -0.151. The van der Waals surface area contributed by atoms with E-state index >= 15 is 0 Å². The maximum Gasteiger partial charge on any atom is 0.307 e. The summed E-state index contributed by atoms with van der Waals surface area (Å²) >= 11 is 0. The number of carbonyl (C=O) groups excluding carboxylic acids is 1. The molecule has 1 saturated carbocycles. The number of ether oxygens (including phenoxy) is 3. The molecule has 0 saturated heterocycles. The second-order valence-corrected chi connectivity index (χ2v) is 5.00. The molecule has 2 N–H and O–H groups in total. The van der Waals surface area contributed by atoms with Crippen molar-refractivity contribution in [3.8, 4) is 17.2 Å². The van der Waals surface area contributed by atoms with Crippen LogP contribution < -0.4 is 19.5 Å². The molecule has 1 aliphatic carbocycles. The van der Waals surface area contributed by atoms with E-state index in [1.54, 1.807) is 12.1 Å². The summed E-state index contributed by atoms with van der Waals surface area (Å²) < 4.78 is 15.7. The fourth-order valence-corrected chi connectivity index (χ4v) is 2.53. The van der Waals surface area contributed by atoms with Crippen LogP contribution in [0.5, 0.6) is 17.2 Å². The normalized spacial score (nSPS) is 19.8. The maximum absolute atomic E-state index is 12.2. The van der Waals surface area contributed by atoms with Crippen molar-refractivity contribution in [3.05, 3.63) is 12.1 Å². The van der Waals surface area contributed by atoms with Gasteiger partial charge in [-0.15, -0.1) is 0 Å². The van der Waals surface area contributed by atoms with Crippen molar-refractivity contribution in [1.29, 1.82) is 0 Å². The molecule has 1 fully saturated rings. The molecule has 7 nitrogen and oxygen atoms in total. The first-order valence-corrected chi connectivity index (χ1v) is 6.86. The van der Waals surface area contributed by atoms with Gasteiger partial charge in [0.2, 0.25) is 11.7 Å². The Morgan fingerprint density at radius 2 is 1.68 bits per heavy atom. The maximum atomic E-state index is 12.2. The van der Waals surface area contributed by atoms with Gasteiger partial charge in [-0.05, 0) is 25.0 Å². The molecule has 7 heteroatoms. The Balaban J connectivity index is 2.22. The molecule has 1 aliphatic rings.